The van der Waals surface area contributed by atoms with E-state index in [-0.39, 0.29) is 18.4 Å². The van der Waals surface area contributed by atoms with Gasteiger partial charge in [0.15, 0.2) is 0 Å². The molecule has 0 radical (unpaired) electrons. The van der Waals surface area contributed by atoms with Crippen LogP contribution in [0.4, 0.5) is 0 Å². The Morgan fingerprint density at radius 2 is 2.00 bits per heavy atom. The molecule has 1 aromatic heterocycles. The summed E-state index contributed by atoms with van der Waals surface area (Å²) in [6.45, 7) is 4.60. The molecule has 1 N–H and O–H groups in total. The topological polar surface area (TPSA) is 75.4 Å². The van der Waals surface area contributed by atoms with Gasteiger partial charge in [0.25, 0.3) is 5.91 Å². The van der Waals surface area contributed by atoms with Crippen molar-refractivity contribution in [2.45, 2.75) is 52.0 Å². The second kappa shape index (κ2) is 7.72. The first kappa shape index (κ1) is 18.2. The van der Waals surface area contributed by atoms with Crippen molar-refractivity contribution < 1.29 is 14.7 Å². The monoisotopic (exact) mass is 355 g/mol. The minimum absolute atomic E-state index is 0.00596. The van der Waals surface area contributed by atoms with E-state index in [9.17, 15) is 9.59 Å². The van der Waals surface area contributed by atoms with Crippen molar-refractivity contribution in [3.8, 4) is 5.69 Å². The number of amides is 1. The highest BCUT2D eigenvalue weighted by atomic mass is 16.4. The second-order valence-corrected chi connectivity index (χ2v) is 6.92. The van der Waals surface area contributed by atoms with Crippen LogP contribution in [0.5, 0.6) is 0 Å². The first-order chi connectivity index (χ1) is 12.5. The van der Waals surface area contributed by atoms with Gasteiger partial charge in [0.2, 0.25) is 0 Å². The molecule has 1 fully saturated rings. The van der Waals surface area contributed by atoms with Crippen molar-refractivity contribution in [1.29, 1.82) is 0 Å². The van der Waals surface area contributed by atoms with E-state index in [1.165, 1.54) is 0 Å². The van der Waals surface area contributed by atoms with Crippen LogP contribution < -0.4 is 0 Å². The first-order valence-electron chi connectivity index (χ1n) is 9.12. The molecule has 0 aliphatic carbocycles. The van der Waals surface area contributed by atoms with E-state index < -0.39 is 5.97 Å². The molecule has 26 heavy (non-hydrogen) atoms. The third kappa shape index (κ3) is 3.64. The predicted octanol–water partition coefficient (Wildman–Crippen LogP) is 3.35. The number of benzene rings is 1. The van der Waals surface area contributed by atoms with Gasteiger partial charge in [-0.1, -0.05) is 18.2 Å². The zero-order valence-electron chi connectivity index (χ0n) is 15.3. The van der Waals surface area contributed by atoms with E-state index >= 15 is 0 Å². The van der Waals surface area contributed by atoms with Crippen molar-refractivity contribution in [1.82, 2.24) is 14.7 Å². The zero-order chi connectivity index (χ0) is 18.7. The number of para-hydroxylation sites is 1. The second-order valence-electron chi connectivity index (χ2n) is 6.92. The van der Waals surface area contributed by atoms with Crippen molar-refractivity contribution >= 4 is 11.9 Å². The number of nitrogens with zero attached hydrogens (tertiary/aromatic N) is 3. The molecule has 1 amide bonds. The van der Waals surface area contributed by atoms with Crippen LogP contribution in [-0.2, 0) is 4.79 Å². The number of hydrogen-bond donors (Lipinski definition) is 1. The minimum atomic E-state index is -0.813. The van der Waals surface area contributed by atoms with Crippen LogP contribution in [0.15, 0.2) is 30.5 Å². The van der Waals surface area contributed by atoms with Crippen molar-refractivity contribution in [3.63, 3.8) is 0 Å². The highest BCUT2D eigenvalue weighted by Crippen LogP contribution is 2.25. The number of aromatic nitrogens is 2. The van der Waals surface area contributed by atoms with E-state index in [0.717, 1.165) is 36.2 Å². The number of likely N-dealkylation sites (tertiary alicyclic amines) is 1. The summed E-state index contributed by atoms with van der Waals surface area (Å²) in [5, 5.41) is 13.4. The van der Waals surface area contributed by atoms with Crippen LogP contribution in [0.25, 0.3) is 5.69 Å². The Bertz CT molecular complexity index is 812. The fourth-order valence-corrected chi connectivity index (χ4v) is 3.68. The van der Waals surface area contributed by atoms with Crippen LogP contribution in [0.2, 0.25) is 0 Å². The highest BCUT2D eigenvalue weighted by molar-refractivity contribution is 5.95. The van der Waals surface area contributed by atoms with Crippen LogP contribution in [0.3, 0.4) is 0 Å². The fraction of sp³-hybridized carbons (Fsp3) is 0.450. The van der Waals surface area contributed by atoms with Crippen LogP contribution in [-0.4, -0.2) is 44.3 Å². The van der Waals surface area contributed by atoms with Crippen molar-refractivity contribution in [2.24, 2.45) is 0 Å². The number of carbonyl (C=O) groups is 2. The summed E-state index contributed by atoms with van der Waals surface area (Å²) in [6, 6.07) is 7.93. The van der Waals surface area contributed by atoms with Crippen LogP contribution in [0, 0.1) is 13.8 Å². The van der Waals surface area contributed by atoms with Gasteiger partial charge in [-0.15, -0.1) is 0 Å². The first-order valence-corrected chi connectivity index (χ1v) is 9.12. The van der Waals surface area contributed by atoms with Gasteiger partial charge in [-0.2, -0.15) is 5.10 Å². The van der Waals surface area contributed by atoms with Gasteiger partial charge in [-0.25, -0.2) is 4.68 Å². The number of aliphatic carboxylic acids is 1. The Labute approximate surface area is 153 Å². The SMILES string of the molecule is Cc1ccccc1-n1ncc(C(=O)N2CCCCC2CCC(=O)O)c1C. The largest absolute Gasteiger partial charge is 0.481 e. The van der Waals surface area contributed by atoms with Gasteiger partial charge in [0.1, 0.15) is 0 Å². The number of carboxylic acids is 1. The normalized spacial score (nSPS) is 17.3. The Kier molecular flexibility index (Phi) is 5.40. The third-order valence-electron chi connectivity index (χ3n) is 5.16. The molecule has 138 valence electrons. The molecule has 1 aliphatic rings. The number of aryl methyl sites for hydroxylation is 1. The maximum atomic E-state index is 13.1. The Hall–Kier alpha value is -2.63. The minimum Gasteiger partial charge on any atom is -0.481 e. The lowest BCUT2D eigenvalue weighted by Crippen LogP contribution is -2.44. The van der Waals surface area contributed by atoms with Gasteiger partial charge >= 0.3 is 5.97 Å². The van der Waals surface area contributed by atoms with Crippen molar-refractivity contribution in [2.75, 3.05) is 6.54 Å². The van der Waals surface area contributed by atoms with E-state index in [4.69, 9.17) is 5.11 Å². The van der Waals surface area contributed by atoms with Crippen LogP contribution in [0.1, 0.15) is 53.7 Å². The molecule has 0 saturated carbocycles. The van der Waals surface area contributed by atoms with Crippen molar-refractivity contribution in [3.05, 3.63) is 47.3 Å². The molecule has 1 unspecified atom stereocenters. The molecule has 2 aromatic rings. The molecule has 1 atom stereocenters. The summed E-state index contributed by atoms with van der Waals surface area (Å²) in [7, 11) is 0. The maximum Gasteiger partial charge on any atom is 0.303 e. The van der Waals surface area contributed by atoms with Gasteiger partial charge < -0.3 is 10.0 Å². The van der Waals surface area contributed by atoms with E-state index in [2.05, 4.69) is 5.10 Å². The summed E-state index contributed by atoms with van der Waals surface area (Å²) >= 11 is 0. The lowest BCUT2D eigenvalue weighted by Gasteiger charge is -2.35. The molecule has 6 heteroatoms. The molecule has 0 spiro atoms. The lowest BCUT2D eigenvalue weighted by atomic mass is 9.97. The summed E-state index contributed by atoms with van der Waals surface area (Å²) in [6.07, 6.45) is 5.09. The Morgan fingerprint density at radius 1 is 1.23 bits per heavy atom. The summed E-state index contributed by atoms with van der Waals surface area (Å²) in [5.41, 5.74) is 3.46. The van der Waals surface area contributed by atoms with Gasteiger partial charge in [-0.05, 0) is 51.2 Å². The number of piperidine rings is 1. The third-order valence-corrected chi connectivity index (χ3v) is 5.16. The molecule has 1 saturated heterocycles. The van der Waals surface area contributed by atoms with Gasteiger partial charge in [0.05, 0.1) is 23.1 Å². The zero-order valence-corrected chi connectivity index (χ0v) is 15.3. The summed E-state index contributed by atoms with van der Waals surface area (Å²) in [4.78, 5) is 25.9. The van der Waals surface area contributed by atoms with E-state index in [1.54, 1.807) is 10.9 Å². The lowest BCUT2D eigenvalue weighted by molar-refractivity contribution is -0.137. The molecule has 2 heterocycles. The van der Waals surface area contributed by atoms with E-state index in [0.29, 0.717) is 18.5 Å². The maximum absolute atomic E-state index is 13.1. The molecule has 6 nitrogen and oxygen atoms in total. The molecule has 0 bridgehead atoms. The number of rotatable bonds is 5. The molecule has 1 aromatic carbocycles. The number of hydrogen-bond acceptors (Lipinski definition) is 3. The summed E-state index contributed by atoms with van der Waals surface area (Å²) < 4.78 is 1.80. The quantitative estimate of drug-likeness (QED) is 0.892. The smallest absolute Gasteiger partial charge is 0.303 e. The summed E-state index contributed by atoms with van der Waals surface area (Å²) in [5.74, 6) is -0.857. The average molecular weight is 355 g/mol. The Morgan fingerprint density at radius 3 is 2.73 bits per heavy atom. The van der Waals surface area contributed by atoms with Gasteiger partial charge in [-0.3, -0.25) is 9.59 Å². The average Bonchev–Trinajstić information content (AvgIpc) is 3.01. The number of carbonyl (C=O) groups excluding carboxylic acids is 1. The Balaban J connectivity index is 1.85. The molecule has 3 rings (SSSR count). The van der Waals surface area contributed by atoms with Gasteiger partial charge in [0, 0.05) is 19.0 Å². The molecular formula is C20H25N3O3. The highest BCUT2D eigenvalue weighted by Gasteiger charge is 2.29. The van der Waals surface area contributed by atoms with Crippen LogP contribution >= 0.6 is 0 Å². The molecular weight excluding hydrogens is 330 g/mol. The predicted molar refractivity (Wildman–Crippen MR) is 98.6 cm³/mol. The standard InChI is InChI=1S/C20H25N3O3/c1-14-7-3-4-9-18(14)23-15(2)17(13-21-23)20(26)22-12-6-5-8-16(22)10-11-19(24)25/h3-4,7,9,13,16H,5-6,8,10-12H2,1-2H3,(H,24,25). The van der Waals surface area contributed by atoms with E-state index in [1.807, 2.05) is 43.0 Å². The fourth-order valence-electron chi connectivity index (χ4n) is 3.68. The number of carboxylic acid groups (broad SMARTS) is 1. The molecule has 1 aliphatic heterocycles.